The molecule has 2 fully saturated rings. The molecule has 0 spiro atoms. The molecule has 4 rings (SSSR count). The zero-order valence-electron chi connectivity index (χ0n) is 43.1. The summed E-state index contributed by atoms with van der Waals surface area (Å²) < 4.78 is 23.9. The maximum atomic E-state index is 14.1. The van der Waals surface area contributed by atoms with Crippen LogP contribution in [0.2, 0.25) is 0 Å². The van der Waals surface area contributed by atoms with E-state index in [0.29, 0.717) is 12.8 Å². The minimum absolute atomic E-state index is 0.0862. The fourth-order valence-corrected chi connectivity index (χ4v) is 9.45. The Balaban J connectivity index is 1.57. The van der Waals surface area contributed by atoms with Crippen LogP contribution >= 0.6 is 0 Å². The van der Waals surface area contributed by atoms with Crippen LogP contribution in [0.3, 0.4) is 0 Å². The topological polar surface area (TPSA) is 314 Å². The van der Waals surface area contributed by atoms with Crippen molar-refractivity contribution in [2.75, 3.05) is 0 Å². The molecule has 18 atom stereocenters. The Kier molecular flexibility index (Phi) is 26.8. The number of H-pyrrole nitrogens is 1. The number of allylic oxidation sites excluding steroid dienone is 12. The third kappa shape index (κ3) is 22.0. The first-order chi connectivity index (χ1) is 34.7. The molecule has 3 aliphatic rings. The van der Waals surface area contributed by atoms with Gasteiger partial charge in [0.05, 0.1) is 79.6 Å². The molecular weight excluding hydrogens is 941 g/mol. The molecule has 410 valence electrons. The van der Waals surface area contributed by atoms with Crippen LogP contribution in [0, 0.1) is 23.7 Å². The number of imidazole rings is 1. The molecular formula is C55H86N4O14. The minimum atomic E-state index is -2.14. The normalized spacial score (nSPS) is 37.7. The van der Waals surface area contributed by atoms with Gasteiger partial charge in [0.2, 0.25) is 0 Å². The van der Waals surface area contributed by atoms with Gasteiger partial charge in [0.25, 0.3) is 0 Å². The lowest BCUT2D eigenvalue weighted by molar-refractivity contribution is -0.305. The zero-order chi connectivity index (χ0) is 53.5. The molecule has 2 saturated heterocycles. The van der Waals surface area contributed by atoms with E-state index in [4.69, 9.17) is 30.4 Å². The van der Waals surface area contributed by atoms with Crippen LogP contribution in [0.15, 0.2) is 97.6 Å². The molecule has 13 N–H and O–H groups in total. The van der Waals surface area contributed by atoms with Crippen LogP contribution in [0.5, 0.6) is 0 Å². The summed E-state index contributed by atoms with van der Waals surface area (Å²) in [6.45, 7) is 7.06. The largest absolute Gasteiger partial charge is 0.462 e. The number of fused-ring (bicyclic) bond motifs is 2. The quantitative estimate of drug-likeness (QED) is 0.123. The van der Waals surface area contributed by atoms with Gasteiger partial charge >= 0.3 is 5.97 Å². The summed E-state index contributed by atoms with van der Waals surface area (Å²) in [5, 5.41) is 89.1. The number of nitrogens with two attached hydrogens (primary N) is 2. The van der Waals surface area contributed by atoms with E-state index in [9.17, 15) is 50.4 Å². The van der Waals surface area contributed by atoms with Gasteiger partial charge in [-0.1, -0.05) is 112 Å². The number of unbranched alkanes of at least 4 members (excludes halogenated alkanes) is 2. The number of carbonyl (C=O) groups is 2. The molecule has 0 amide bonds. The molecule has 18 nitrogen and oxygen atoms in total. The molecule has 1 aromatic heterocycles. The van der Waals surface area contributed by atoms with E-state index in [1.807, 2.05) is 67.7 Å². The summed E-state index contributed by atoms with van der Waals surface area (Å²) in [5.41, 5.74) is 13.4. The Morgan fingerprint density at radius 3 is 2.04 bits per heavy atom. The number of rotatable bonds is 9. The van der Waals surface area contributed by atoms with Gasteiger partial charge < -0.3 is 76.3 Å². The predicted octanol–water partition coefficient (Wildman–Crippen LogP) is 3.92. The molecule has 1 aromatic rings. The van der Waals surface area contributed by atoms with E-state index in [1.165, 1.54) is 0 Å². The van der Waals surface area contributed by atoms with Crippen molar-refractivity contribution in [2.24, 2.45) is 35.1 Å². The molecule has 18 heteroatoms. The average Bonchev–Trinajstić information content (AvgIpc) is 3.84. The average molecular weight is 1030 g/mol. The second kappa shape index (κ2) is 31.8. The number of aromatic amines is 1. The highest BCUT2D eigenvalue weighted by Crippen LogP contribution is 2.39. The van der Waals surface area contributed by atoms with Gasteiger partial charge in [0, 0.05) is 49.4 Å². The predicted molar refractivity (Wildman–Crippen MR) is 275 cm³/mol. The Hall–Kier alpha value is -3.99. The minimum Gasteiger partial charge on any atom is -0.462 e. The van der Waals surface area contributed by atoms with Crippen molar-refractivity contribution in [3.63, 3.8) is 0 Å². The van der Waals surface area contributed by atoms with Gasteiger partial charge in [0.1, 0.15) is 11.9 Å². The van der Waals surface area contributed by atoms with E-state index in [-0.39, 0.29) is 56.6 Å². The summed E-state index contributed by atoms with van der Waals surface area (Å²) in [6.07, 6.45) is 18.7. The van der Waals surface area contributed by atoms with E-state index in [2.05, 4.69) is 9.97 Å². The maximum absolute atomic E-state index is 14.1. The van der Waals surface area contributed by atoms with Crippen molar-refractivity contribution in [1.82, 2.24) is 9.97 Å². The number of aliphatic hydroxyl groups excluding tert-OH is 7. The standard InChI is InChI=1S/C55H86N4O14/c1-35-24-25-40(60)26-41(61)28-50(66)70-38(4)37(3)52(67)36(2)20-16-13-11-9-7-5-6-8-10-12-14-18-22-43(71-54-45(57)30-44(56)53(68)72-54)29-49-51(46(63)23-19-15-17-21-39-33-58-34-59-39)48(65)32-55(69,73-49)31-42(62)27-47(35)64/h5-14,16,18,20,22,33-38,40-45,47-49,51-54,60-62,64-65,67-69H,15,17,19,21,23-32,56-57H2,1-4H3,(H,58,59). The van der Waals surface area contributed by atoms with Crippen molar-refractivity contribution in [1.29, 1.82) is 0 Å². The maximum Gasteiger partial charge on any atom is 0.308 e. The number of carbonyl (C=O) groups excluding carboxylic acids is 2. The highest BCUT2D eigenvalue weighted by Gasteiger charge is 2.50. The van der Waals surface area contributed by atoms with Gasteiger partial charge in [-0.2, -0.15) is 0 Å². The Morgan fingerprint density at radius 1 is 0.753 bits per heavy atom. The van der Waals surface area contributed by atoms with E-state index in [0.717, 1.165) is 25.0 Å². The number of cyclic esters (lactones) is 1. The molecule has 0 aromatic carbocycles. The Bertz CT molecular complexity index is 1970. The van der Waals surface area contributed by atoms with Crippen LogP contribution < -0.4 is 11.5 Å². The van der Waals surface area contributed by atoms with Crippen LogP contribution in [0.25, 0.3) is 0 Å². The summed E-state index contributed by atoms with van der Waals surface area (Å²) in [7, 11) is 0. The van der Waals surface area contributed by atoms with Gasteiger partial charge in [-0.3, -0.25) is 9.59 Å². The lowest BCUT2D eigenvalue weighted by Crippen LogP contribution is -2.57. The van der Waals surface area contributed by atoms with Crippen molar-refractivity contribution in [3.05, 3.63) is 103 Å². The van der Waals surface area contributed by atoms with E-state index < -0.39 is 122 Å². The highest BCUT2D eigenvalue weighted by molar-refractivity contribution is 5.82. The number of ether oxygens (including phenoxy) is 4. The number of aromatic nitrogens is 2. The molecule has 0 radical (unpaired) electrons. The first-order valence-corrected chi connectivity index (χ1v) is 26.1. The van der Waals surface area contributed by atoms with Gasteiger partial charge in [-0.05, 0) is 64.2 Å². The van der Waals surface area contributed by atoms with Gasteiger partial charge in [-0.25, -0.2) is 4.98 Å². The van der Waals surface area contributed by atoms with Gasteiger partial charge in [0.15, 0.2) is 18.4 Å². The molecule has 0 aliphatic carbocycles. The summed E-state index contributed by atoms with van der Waals surface area (Å²) in [6, 6.07) is -1.47. The third-order valence-corrected chi connectivity index (χ3v) is 14.0. The summed E-state index contributed by atoms with van der Waals surface area (Å²) in [4.78, 5) is 34.0. The highest BCUT2D eigenvalue weighted by atomic mass is 16.7. The number of aliphatic hydroxyl groups is 8. The number of ketones is 1. The molecule has 18 unspecified atom stereocenters. The number of hydrogen-bond donors (Lipinski definition) is 11. The zero-order valence-corrected chi connectivity index (χ0v) is 43.1. The fourth-order valence-electron chi connectivity index (χ4n) is 9.45. The summed E-state index contributed by atoms with van der Waals surface area (Å²) >= 11 is 0. The van der Waals surface area contributed by atoms with E-state index in [1.54, 1.807) is 57.6 Å². The van der Waals surface area contributed by atoms with Crippen LogP contribution in [-0.4, -0.2) is 148 Å². The third-order valence-electron chi connectivity index (χ3n) is 14.0. The lowest BCUT2D eigenvalue weighted by atomic mass is 9.79. The van der Waals surface area contributed by atoms with Crippen LogP contribution in [0.4, 0.5) is 0 Å². The number of nitrogens with zero attached hydrogens (tertiary/aromatic N) is 1. The lowest BCUT2D eigenvalue weighted by Gasteiger charge is -2.46. The smallest absolute Gasteiger partial charge is 0.308 e. The number of hydrogen-bond acceptors (Lipinski definition) is 17. The molecule has 73 heavy (non-hydrogen) atoms. The monoisotopic (exact) mass is 1030 g/mol. The second-order valence-electron chi connectivity index (χ2n) is 20.4. The Morgan fingerprint density at radius 2 is 1.40 bits per heavy atom. The number of aryl methyl sites for hydroxylation is 1. The van der Waals surface area contributed by atoms with Crippen molar-refractivity contribution in [2.45, 2.75) is 203 Å². The Labute approximate surface area is 431 Å². The van der Waals surface area contributed by atoms with Crippen molar-refractivity contribution < 1.29 is 69.4 Å². The molecule has 3 aliphatic heterocycles. The molecule has 0 saturated carbocycles. The van der Waals surface area contributed by atoms with Crippen molar-refractivity contribution in [3.8, 4) is 0 Å². The van der Waals surface area contributed by atoms with Gasteiger partial charge in [-0.15, -0.1) is 0 Å². The first-order valence-electron chi connectivity index (χ1n) is 26.1. The molecule has 4 heterocycles. The van der Waals surface area contributed by atoms with Crippen LogP contribution in [0.1, 0.15) is 117 Å². The fraction of sp³-hybridized carbons (Fsp3) is 0.655. The SMILES string of the molecule is CC1C=CC=CC=CC=CC=CC=CC=CC(OC2OC(O)C(N)CC2N)CC2OC(O)(CC(O)CC(O)C(C)CCC(O)CC(O)CC(=O)OC(C)C(C)C1O)CC(O)C2C(=O)CCCCCc1cnc[nH]1. The number of Topliss-reactive ketones (excluding diaryl/α,β-unsaturated/α-hetero) is 1. The van der Waals surface area contributed by atoms with Crippen LogP contribution in [-0.2, 0) is 35.0 Å². The number of nitrogens with one attached hydrogen (secondary N) is 1. The summed E-state index contributed by atoms with van der Waals surface area (Å²) in [5.74, 6) is -5.28. The van der Waals surface area contributed by atoms with E-state index >= 15 is 0 Å². The molecule has 2 bridgehead atoms. The first kappa shape index (κ1) is 61.6. The van der Waals surface area contributed by atoms with Crippen molar-refractivity contribution >= 4 is 11.8 Å². The second-order valence-corrected chi connectivity index (χ2v) is 20.4. The number of esters is 1.